The van der Waals surface area contributed by atoms with Crippen LogP contribution in [0.1, 0.15) is 75.6 Å². The topological polar surface area (TPSA) is 86.8 Å². The first kappa shape index (κ1) is 32.6. The van der Waals surface area contributed by atoms with Gasteiger partial charge in [0.05, 0.1) is 35.6 Å². The number of thiazole rings is 1. The molecule has 0 saturated heterocycles. The highest BCUT2D eigenvalue weighted by atomic mass is 35.5. The number of benzene rings is 2. The number of nitrogens with one attached hydrogen (secondary N) is 1. The number of hydrogen-bond donors (Lipinski definition) is 1. The number of ether oxygens (including phenoxy) is 3. The van der Waals surface area contributed by atoms with Gasteiger partial charge in [-0.05, 0) is 50.0 Å². The summed E-state index contributed by atoms with van der Waals surface area (Å²) in [5, 5.41) is 5.54. The van der Waals surface area contributed by atoms with Gasteiger partial charge in [0.25, 0.3) is 5.91 Å². The Bertz CT molecular complexity index is 1410. The SMILES string of the molecule is CCCO[C@H](c1cccc(-c2csc(NC(=O)c3cc(Cl)c(/C=C(\C)C(=O)OCC)c(Cl)c3)n2)c1OC)C(C)(C)C. The van der Waals surface area contributed by atoms with Crippen LogP contribution >= 0.6 is 34.5 Å². The van der Waals surface area contributed by atoms with Crippen molar-refractivity contribution in [2.45, 2.75) is 54.1 Å². The van der Waals surface area contributed by atoms with E-state index >= 15 is 0 Å². The highest BCUT2D eigenvalue weighted by Gasteiger charge is 2.31. The maximum Gasteiger partial charge on any atom is 0.333 e. The number of anilines is 1. The highest BCUT2D eigenvalue weighted by molar-refractivity contribution is 7.14. The number of methoxy groups -OCH3 is 1. The smallest absolute Gasteiger partial charge is 0.333 e. The normalized spacial score (nSPS) is 12.7. The van der Waals surface area contributed by atoms with Crippen molar-refractivity contribution >= 4 is 57.6 Å². The first-order chi connectivity index (χ1) is 19.4. The second-order valence-corrected chi connectivity index (χ2v) is 12.1. The molecule has 0 radical (unpaired) electrons. The Morgan fingerprint density at radius 2 is 1.83 bits per heavy atom. The Morgan fingerprint density at radius 1 is 1.15 bits per heavy atom. The number of para-hydroxylation sites is 1. The summed E-state index contributed by atoms with van der Waals surface area (Å²) in [4.78, 5) is 29.7. The number of aromatic nitrogens is 1. The molecule has 3 rings (SSSR count). The van der Waals surface area contributed by atoms with E-state index < -0.39 is 11.9 Å². The quantitative estimate of drug-likeness (QED) is 0.170. The Morgan fingerprint density at radius 3 is 2.41 bits per heavy atom. The molecule has 1 aromatic heterocycles. The molecule has 10 heteroatoms. The number of halogens is 2. The van der Waals surface area contributed by atoms with Gasteiger partial charge < -0.3 is 14.2 Å². The fourth-order valence-corrected chi connectivity index (χ4v) is 5.53. The molecule has 41 heavy (non-hydrogen) atoms. The van der Waals surface area contributed by atoms with Crippen LogP contribution in [0.15, 0.2) is 41.3 Å². The summed E-state index contributed by atoms with van der Waals surface area (Å²) in [5.74, 6) is -0.202. The predicted octanol–water partition coefficient (Wildman–Crippen LogP) is 8.86. The highest BCUT2D eigenvalue weighted by Crippen LogP contribution is 2.44. The van der Waals surface area contributed by atoms with Gasteiger partial charge >= 0.3 is 5.97 Å². The lowest BCUT2D eigenvalue weighted by Gasteiger charge is -2.32. The minimum atomic E-state index is -0.467. The molecule has 3 aromatic rings. The molecule has 0 saturated carbocycles. The predicted molar refractivity (Wildman–Crippen MR) is 167 cm³/mol. The first-order valence-corrected chi connectivity index (χ1v) is 14.9. The number of nitrogens with zero attached hydrogens (tertiary/aromatic N) is 1. The maximum absolute atomic E-state index is 13.1. The van der Waals surface area contributed by atoms with E-state index in [0.717, 1.165) is 17.5 Å². The summed E-state index contributed by atoms with van der Waals surface area (Å²) in [5.41, 5.74) is 3.27. The van der Waals surface area contributed by atoms with E-state index in [0.29, 0.717) is 34.3 Å². The summed E-state index contributed by atoms with van der Waals surface area (Å²) in [6.45, 7) is 12.7. The number of esters is 1. The van der Waals surface area contributed by atoms with Crippen molar-refractivity contribution in [2.75, 3.05) is 25.6 Å². The van der Waals surface area contributed by atoms with E-state index in [-0.39, 0.29) is 33.7 Å². The summed E-state index contributed by atoms with van der Waals surface area (Å²) < 4.78 is 17.1. The summed E-state index contributed by atoms with van der Waals surface area (Å²) in [6, 6.07) is 8.91. The summed E-state index contributed by atoms with van der Waals surface area (Å²) >= 11 is 14.2. The van der Waals surface area contributed by atoms with Crippen LogP contribution in [0, 0.1) is 5.41 Å². The molecule has 0 spiro atoms. The molecule has 1 atom stereocenters. The van der Waals surface area contributed by atoms with Gasteiger partial charge in [-0.2, -0.15) is 0 Å². The van der Waals surface area contributed by atoms with E-state index in [2.05, 4.69) is 38.0 Å². The Kier molecular flexibility index (Phi) is 11.4. The third-order valence-corrected chi connectivity index (χ3v) is 7.49. The molecule has 0 fully saturated rings. The van der Waals surface area contributed by atoms with Crippen molar-refractivity contribution < 1.29 is 23.8 Å². The molecule has 0 bridgehead atoms. The fourth-order valence-electron chi connectivity index (χ4n) is 4.23. The minimum Gasteiger partial charge on any atom is -0.496 e. The Hall–Kier alpha value is -2.91. The number of carbonyl (C=O) groups excluding carboxylic acids is 2. The monoisotopic (exact) mass is 618 g/mol. The number of amides is 1. The molecule has 0 aliphatic heterocycles. The van der Waals surface area contributed by atoms with E-state index in [4.69, 9.17) is 37.4 Å². The molecule has 2 aromatic carbocycles. The average Bonchev–Trinajstić information content (AvgIpc) is 3.38. The van der Waals surface area contributed by atoms with Gasteiger partial charge in [-0.15, -0.1) is 11.3 Å². The van der Waals surface area contributed by atoms with Gasteiger partial charge in [-0.3, -0.25) is 10.1 Å². The Labute approximate surface area is 255 Å². The molecule has 1 N–H and O–H groups in total. The van der Waals surface area contributed by atoms with Gasteiger partial charge in [-0.1, -0.05) is 63.0 Å². The lowest BCUT2D eigenvalue weighted by molar-refractivity contribution is -0.138. The van der Waals surface area contributed by atoms with E-state index in [1.807, 2.05) is 23.6 Å². The van der Waals surface area contributed by atoms with Crippen LogP contribution in [0.3, 0.4) is 0 Å². The van der Waals surface area contributed by atoms with E-state index in [1.165, 1.54) is 29.5 Å². The third kappa shape index (κ3) is 8.10. The fraction of sp³-hybridized carbons (Fsp3) is 0.387. The van der Waals surface area contributed by atoms with Crippen LogP contribution in [0.5, 0.6) is 5.75 Å². The minimum absolute atomic E-state index is 0.159. The second kappa shape index (κ2) is 14.3. The molecule has 220 valence electrons. The summed E-state index contributed by atoms with van der Waals surface area (Å²) in [7, 11) is 1.64. The molecular weight excluding hydrogens is 583 g/mol. The van der Waals surface area contributed by atoms with Crippen molar-refractivity contribution in [2.24, 2.45) is 5.41 Å². The van der Waals surface area contributed by atoms with Gasteiger partial charge in [-0.25, -0.2) is 9.78 Å². The van der Waals surface area contributed by atoms with Crippen LogP contribution in [0.4, 0.5) is 5.13 Å². The maximum atomic E-state index is 13.1. The second-order valence-electron chi connectivity index (χ2n) is 10.4. The van der Waals surface area contributed by atoms with Gasteiger partial charge in [0.1, 0.15) is 5.75 Å². The van der Waals surface area contributed by atoms with Gasteiger partial charge in [0.15, 0.2) is 5.13 Å². The molecule has 7 nitrogen and oxygen atoms in total. The number of carbonyl (C=O) groups is 2. The van der Waals surface area contributed by atoms with Crippen LogP contribution in [-0.2, 0) is 14.3 Å². The van der Waals surface area contributed by atoms with Crippen molar-refractivity contribution in [1.29, 1.82) is 0 Å². The lowest BCUT2D eigenvalue weighted by atomic mass is 9.83. The molecule has 0 aliphatic rings. The molecular formula is C31H36Cl2N2O5S. The molecule has 0 unspecified atom stereocenters. The van der Waals surface area contributed by atoms with E-state index in [9.17, 15) is 9.59 Å². The first-order valence-electron chi connectivity index (χ1n) is 13.3. The van der Waals surface area contributed by atoms with Crippen molar-refractivity contribution in [1.82, 2.24) is 4.98 Å². The number of rotatable bonds is 11. The standard InChI is InChI=1S/C31H36Cl2N2O5S/c1-8-13-40-27(31(4,5)6)21-12-10-11-20(26(21)38-7)25-17-41-30(34-25)35-28(36)19-15-23(32)22(24(33)16-19)14-18(3)29(37)39-9-2/h10-12,14-17,27H,8-9,13H2,1-7H3,(H,34,35,36)/b18-14+/t27-/m1/s1. The van der Waals surface area contributed by atoms with Crippen molar-refractivity contribution in [3.05, 3.63) is 68.0 Å². The zero-order valence-corrected chi connectivity index (χ0v) is 26.7. The van der Waals surface area contributed by atoms with Gasteiger partial charge in [0.2, 0.25) is 0 Å². The van der Waals surface area contributed by atoms with E-state index in [1.54, 1.807) is 21.0 Å². The van der Waals surface area contributed by atoms with Crippen molar-refractivity contribution in [3.63, 3.8) is 0 Å². The lowest BCUT2D eigenvalue weighted by Crippen LogP contribution is -2.22. The van der Waals surface area contributed by atoms with Gasteiger partial charge in [0, 0.05) is 39.8 Å². The molecule has 1 heterocycles. The third-order valence-electron chi connectivity index (χ3n) is 6.11. The van der Waals surface area contributed by atoms with Crippen LogP contribution < -0.4 is 10.1 Å². The zero-order chi connectivity index (χ0) is 30.3. The average molecular weight is 620 g/mol. The van der Waals surface area contributed by atoms with Crippen molar-refractivity contribution in [3.8, 4) is 17.0 Å². The number of hydrogen-bond acceptors (Lipinski definition) is 7. The Balaban J connectivity index is 1.87. The molecule has 0 aliphatic carbocycles. The largest absolute Gasteiger partial charge is 0.496 e. The van der Waals surface area contributed by atoms with Crippen LogP contribution in [-0.4, -0.2) is 37.2 Å². The zero-order valence-electron chi connectivity index (χ0n) is 24.4. The van der Waals surface area contributed by atoms with Crippen LogP contribution in [0.25, 0.3) is 17.3 Å². The molecule has 1 amide bonds. The summed E-state index contributed by atoms with van der Waals surface area (Å²) in [6.07, 6.45) is 2.27. The van der Waals surface area contributed by atoms with Crippen LogP contribution in [0.2, 0.25) is 10.0 Å².